The molecule has 0 aromatic rings. The second-order valence-electron chi connectivity index (χ2n) is 5.92. The molecule has 0 aromatic carbocycles. The van der Waals surface area contributed by atoms with Gasteiger partial charge in [-0.2, -0.15) is 0 Å². The molecule has 4 heteroatoms. The second-order valence-corrected chi connectivity index (χ2v) is 5.92. The summed E-state index contributed by atoms with van der Waals surface area (Å²) in [5, 5.41) is 10.5. The van der Waals surface area contributed by atoms with Gasteiger partial charge in [-0.3, -0.25) is 0 Å². The van der Waals surface area contributed by atoms with Crippen LogP contribution in [0.15, 0.2) is 0 Å². The van der Waals surface area contributed by atoms with Crippen LogP contribution >= 0.6 is 0 Å². The van der Waals surface area contributed by atoms with Gasteiger partial charge in [0.15, 0.2) is 0 Å². The largest absolute Gasteiger partial charge is 0.390 e. The summed E-state index contributed by atoms with van der Waals surface area (Å²) in [7, 11) is 3.23. The van der Waals surface area contributed by atoms with Crippen molar-refractivity contribution in [1.29, 1.82) is 0 Å². The van der Waals surface area contributed by atoms with Crippen LogP contribution in [0.3, 0.4) is 0 Å². The maximum absolute atomic E-state index is 10.5. The summed E-state index contributed by atoms with van der Waals surface area (Å²) in [6.45, 7) is 8.79. The van der Waals surface area contributed by atoms with Gasteiger partial charge in [-0.1, -0.05) is 20.8 Å². The molecule has 0 bridgehead atoms. The Labute approximate surface area is 104 Å². The fourth-order valence-corrected chi connectivity index (χ4v) is 2.95. The summed E-state index contributed by atoms with van der Waals surface area (Å²) in [6.07, 6.45) is -1.05. The van der Waals surface area contributed by atoms with E-state index in [1.807, 2.05) is 6.92 Å². The van der Waals surface area contributed by atoms with E-state index in [0.29, 0.717) is 6.61 Å². The normalized spacial score (nSPS) is 39.4. The molecule has 4 nitrogen and oxygen atoms in total. The quantitative estimate of drug-likeness (QED) is 0.819. The lowest BCUT2D eigenvalue weighted by Crippen LogP contribution is -2.58. The topological polar surface area (TPSA) is 47.9 Å². The van der Waals surface area contributed by atoms with Crippen LogP contribution in [-0.4, -0.2) is 50.3 Å². The average molecular weight is 246 g/mol. The van der Waals surface area contributed by atoms with Crippen LogP contribution < -0.4 is 0 Å². The third-order valence-electron chi connectivity index (χ3n) is 3.57. The standard InChI is InChI=1S/C13H26O4/c1-8-10(13(2,3)4)11(14)12(16-6)9(17-8)7-15-5/h8-12,14H,7H2,1-6H3. The molecule has 0 aliphatic carbocycles. The van der Waals surface area contributed by atoms with Crippen LogP contribution in [0, 0.1) is 11.3 Å². The summed E-state index contributed by atoms with van der Waals surface area (Å²) in [5.41, 5.74) is -0.0202. The lowest BCUT2D eigenvalue weighted by molar-refractivity contribution is -0.231. The van der Waals surface area contributed by atoms with Crippen molar-refractivity contribution in [2.75, 3.05) is 20.8 Å². The summed E-state index contributed by atoms with van der Waals surface area (Å²) < 4.78 is 16.4. The van der Waals surface area contributed by atoms with Gasteiger partial charge in [0, 0.05) is 20.1 Å². The summed E-state index contributed by atoms with van der Waals surface area (Å²) in [6, 6.07) is 0. The first-order valence-electron chi connectivity index (χ1n) is 6.18. The van der Waals surface area contributed by atoms with E-state index in [-0.39, 0.29) is 29.6 Å². The number of methoxy groups -OCH3 is 2. The van der Waals surface area contributed by atoms with Crippen molar-refractivity contribution in [3.05, 3.63) is 0 Å². The predicted molar refractivity (Wildman–Crippen MR) is 66.0 cm³/mol. The maximum Gasteiger partial charge on any atom is 0.112 e. The highest BCUT2D eigenvalue weighted by molar-refractivity contribution is 4.96. The smallest absolute Gasteiger partial charge is 0.112 e. The summed E-state index contributed by atoms with van der Waals surface area (Å²) in [5.74, 6) is 0.0561. The van der Waals surface area contributed by atoms with Crippen molar-refractivity contribution in [3.8, 4) is 0 Å². The van der Waals surface area contributed by atoms with Crippen LogP contribution in [0.4, 0.5) is 0 Å². The number of rotatable bonds is 3. The zero-order valence-electron chi connectivity index (χ0n) is 11.8. The Morgan fingerprint density at radius 2 is 1.82 bits per heavy atom. The highest BCUT2D eigenvalue weighted by Gasteiger charge is 2.48. The first-order chi connectivity index (χ1) is 7.82. The minimum atomic E-state index is -0.524. The molecule has 0 spiro atoms. The Hall–Kier alpha value is -0.160. The Morgan fingerprint density at radius 3 is 2.24 bits per heavy atom. The van der Waals surface area contributed by atoms with E-state index in [9.17, 15) is 5.11 Å². The fraction of sp³-hybridized carbons (Fsp3) is 1.00. The zero-order chi connectivity index (χ0) is 13.2. The second kappa shape index (κ2) is 5.65. The Morgan fingerprint density at radius 1 is 1.24 bits per heavy atom. The molecule has 102 valence electrons. The fourth-order valence-electron chi connectivity index (χ4n) is 2.95. The number of ether oxygens (including phenoxy) is 3. The Balaban J connectivity index is 2.87. The van der Waals surface area contributed by atoms with Crippen molar-refractivity contribution < 1.29 is 19.3 Å². The molecule has 1 N–H and O–H groups in total. The molecule has 17 heavy (non-hydrogen) atoms. The molecule has 5 atom stereocenters. The molecule has 5 unspecified atom stereocenters. The van der Waals surface area contributed by atoms with Crippen molar-refractivity contribution in [1.82, 2.24) is 0 Å². The third-order valence-corrected chi connectivity index (χ3v) is 3.57. The minimum absolute atomic E-state index is 0.00319. The molecule has 0 saturated carbocycles. The van der Waals surface area contributed by atoms with E-state index in [1.54, 1.807) is 14.2 Å². The van der Waals surface area contributed by atoms with Gasteiger partial charge in [0.1, 0.15) is 12.2 Å². The van der Waals surface area contributed by atoms with E-state index >= 15 is 0 Å². The van der Waals surface area contributed by atoms with Gasteiger partial charge in [0.05, 0.1) is 18.8 Å². The van der Waals surface area contributed by atoms with Gasteiger partial charge < -0.3 is 19.3 Å². The average Bonchev–Trinajstić information content (AvgIpc) is 2.15. The summed E-state index contributed by atoms with van der Waals surface area (Å²) in [4.78, 5) is 0. The number of hydrogen-bond donors (Lipinski definition) is 1. The van der Waals surface area contributed by atoms with Gasteiger partial charge in [0.25, 0.3) is 0 Å². The SMILES string of the molecule is COCC1OC(C)C(C(C)(C)C)C(O)C1OC. The Bertz CT molecular complexity index is 236. The van der Waals surface area contributed by atoms with E-state index in [4.69, 9.17) is 14.2 Å². The van der Waals surface area contributed by atoms with Crippen molar-refractivity contribution in [2.24, 2.45) is 11.3 Å². The molecule has 1 saturated heterocycles. The van der Waals surface area contributed by atoms with Crippen molar-refractivity contribution in [2.45, 2.75) is 52.1 Å². The predicted octanol–water partition coefficient (Wildman–Crippen LogP) is 1.46. The number of aliphatic hydroxyl groups is 1. The lowest BCUT2D eigenvalue weighted by Gasteiger charge is -2.48. The van der Waals surface area contributed by atoms with E-state index in [2.05, 4.69) is 20.8 Å². The van der Waals surface area contributed by atoms with Crippen molar-refractivity contribution in [3.63, 3.8) is 0 Å². The molecule has 0 aromatic heterocycles. The third kappa shape index (κ3) is 3.19. The van der Waals surface area contributed by atoms with Crippen LogP contribution in [-0.2, 0) is 14.2 Å². The highest BCUT2D eigenvalue weighted by Crippen LogP contribution is 2.39. The summed E-state index contributed by atoms with van der Waals surface area (Å²) >= 11 is 0. The van der Waals surface area contributed by atoms with Gasteiger partial charge in [-0.05, 0) is 12.3 Å². The van der Waals surface area contributed by atoms with Gasteiger partial charge in [0.2, 0.25) is 0 Å². The van der Waals surface area contributed by atoms with Crippen LogP contribution in [0.5, 0.6) is 0 Å². The van der Waals surface area contributed by atoms with E-state index in [1.165, 1.54) is 0 Å². The number of aliphatic hydroxyl groups excluding tert-OH is 1. The highest BCUT2D eigenvalue weighted by atomic mass is 16.6. The van der Waals surface area contributed by atoms with Crippen LogP contribution in [0.2, 0.25) is 0 Å². The van der Waals surface area contributed by atoms with Crippen molar-refractivity contribution >= 4 is 0 Å². The molecule has 1 aliphatic rings. The first-order valence-corrected chi connectivity index (χ1v) is 6.18. The van der Waals surface area contributed by atoms with E-state index in [0.717, 1.165) is 0 Å². The van der Waals surface area contributed by atoms with Gasteiger partial charge in [-0.25, -0.2) is 0 Å². The monoisotopic (exact) mass is 246 g/mol. The first kappa shape index (κ1) is 14.9. The molecular weight excluding hydrogens is 220 g/mol. The maximum atomic E-state index is 10.5. The van der Waals surface area contributed by atoms with E-state index < -0.39 is 6.10 Å². The molecule has 1 rings (SSSR count). The molecule has 0 amide bonds. The Kier molecular flexibility index (Phi) is 4.95. The molecule has 1 heterocycles. The minimum Gasteiger partial charge on any atom is -0.390 e. The van der Waals surface area contributed by atoms with Crippen LogP contribution in [0.1, 0.15) is 27.7 Å². The zero-order valence-corrected chi connectivity index (χ0v) is 11.8. The molecule has 1 aliphatic heterocycles. The molecular formula is C13H26O4. The van der Waals surface area contributed by atoms with Gasteiger partial charge >= 0.3 is 0 Å². The van der Waals surface area contributed by atoms with Crippen LogP contribution in [0.25, 0.3) is 0 Å². The number of hydrogen-bond acceptors (Lipinski definition) is 4. The van der Waals surface area contributed by atoms with Gasteiger partial charge in [-0.15, -0.1) is 0 Å². The lowest BCUT2D eigenvalue weighted by atomic mass is 9.71. The molecule has 0 radical (unpaired) electrons. The molecule has 1 fully saturated rings.